The molecular weight excluding hydrogens is 234 g/mol. The molecule has 0 spiro atoms. The van der Waals surface area contributed by atoms with Gasteiger partial charge in [-0.15, -0.1) is 0 Å². The summed E-state index contributed by atoms with van der Waals surface area (Å²) < 4.78 is 0. The predicted molar refractivity (Wildman–Crippen MR) is 80.4 cm³/mol. The molecule has 2 N–H and O–H groups in total. The molecule has 2 aromatic rings. The van der Waals surface area contributed by atoms with E-state index in [1.165, 1.54) is 24.9 Å². The van der Waals surface area contributed by atoms with Crippen LogP contribution in [0.3, 0.4) is 0 Å². The molecule has 2 heteroatoms. The van der Waals surface area contributed by atoms with Gasteiger partial charge in [0.2, 0.25) is 0 Å². The Morgan fingerprint density at radius 1 is 0.895 bits per heavy atom. The van der Waals surface area contributed by atoms with Gasteiger partial charge in [0.1, 0.15) is 5.75 Å². The molecule has 0 atom stereocenters. The van der Waals surface area contributed by atoms with Crippen LogP contribution in [0.15, 0.2) is 60.7 Å². The van der Waals surface area contributed by atoms with Gasteiger partial charge in [-0.1, -0.05) is 42.8 Å². The third-order valence-corrected chi connectivity index (χ3v) is 3.35. The maximum absolute atomic E-state index is 8.63. The highest BCUT2D eigenvalue weighted by atomic mass is 16.3. The number of nitrogens with one attached hydrogen (secondary N) is 1. The molecule has 2 nitrogen and oxygen atoms in total. The Bertz CT molecular complexity index is 451. The molecule has 1 aliphatic carbocycles. The molecule has 0 unspecified atom stereocenters. The van der Waals surface area contributed by atoms with E-state index in [0.29, 0.717) is 5.75 Å². The molecule has 0 bridgehead atoms. The van der Waals surface area contributed by atoms with Crippen molar-refractivity contribution in [2.75, 3.05) is 11.9 Å². The van der Waals surface area contributed by atoms with Crippen molar-refractivity contribution in [1.82, 2.24) is 0 Å². The Kier molecular flexibility index (Phi) is 5.30. The van der Waals surface area contributed by atoms with Crippen molar-refractivity contribution in [2.24, 2.45) is 5.92 Å². The van der Waals surface area contributed by atoms with E-state index in [1.54, 1.807) is 24.3 Å². The summed E-state index contributed by atoms with van der Waals surface area (Å²) >= 11 is 0. The fraction of sp³-hybridized carbons (Fsp3) is 0.294. The first-order chi connectivity index (χ1) is 9.34. The average Bonchev–Trinajstić information content (AvgIpc) is 2.40. The molecule has 0 aromatic heterocycles. The number of aromatic hydroxyl groups is 1. The zero-order valence-corrected chi connectivity index (χ0v) is 11.1. The van der Waals surface area contributed by atoms with E-state index in [-0.39, 0.29) is 0 Å². The van der Waals surface area contributed by atoms with Gasteiger partial charge in [0.15, 0.2) is 0 Å². The highest BCUT2D eigenvalue weighted by Crippen LogP contribution is 2.26. The van der Waals surface area contributed by atoms with Crippen LogP contribution in [0.1, 0.15) is 19.3 Å². The van der Waals surface area contributed by atoms with Crippen LogP contribution in [0.5, 0.6) is 5.75 Å². The largest absolute Gasteiger partial charge is 0.508 e. The van der Waals surface area contributed by atoms with Gasteiger partial charge in [0, 0.05) is 12.2 Å². The summed E-state index contributed by atoms with van der Waals surface area (Å²) in [5.41, 5.74) is 1.25. The lowest BCUT2D eigenvalue weighted by molar-refractivity contribution is 0.333. The van der Waals surface area contributed by atoms with Crippen molar-refractivity contribution in [2.45, 2.75) is 19.3 Å². The Morgan fingerprint density at radius 2 is 1.47 bits per heavy atom. The summed E-state index contributed by atoms with van der Waals surface area (Å²) in [4.78, 5) is 0. The first-order valence-corrected chi connectivity index (χ1v) is 6.87. The molecule has 0 heterocycles. The normalized spacial score (nSPS) is 13.9. The first-order valence-electron chi connectivity index (χ1n) is 6.87. The maximum Gasteiger partial charge on any atom is 0.115 e. The Morgan fingerprint density at radius 3 is 1.89 bits per heavy atom. The molecule has 1 aliphatic rings. The molecule has 1 fully saturated rings. The van der Waals surface area contributed by atoms with Crippen LogP contribution in [-0.4, -0.2) is 11.7 Å². The van der Waals surface area contributed by atoms with Crippen molar-refractivity contribution in [3.8, 4) is 5.75 Å². The second kappa shape index (κ2) is 7.47. The summed E-state index contributed by atoms with van der Waals surface area (Å²) in [6.45, 7) is 1.16. The van der Waals surface area contributed by atoms with Gasteiger partial charge < -0.3 is 10.4 Å². The highest BCUT2D eigenvalue weighted by molar-refractivity contribution is 5.42. The molecule has 0 aliphatic heterocycles. The SMILES string of the molecule is Oc1ccccc1.c1ccc(NCC2CCC2)cc1. The topological polar surface area (TPSA) is 32.3 Å². The van der Waals surface area contributed by atoms with Gasteiger partial charge in [-0.3, -0.25) is 0 Å². The van der Waals surface area contributed by atoms with E-state index in [9.17, 15) is 0 Å². The Balaban J connectivity index is 0.000000163. The van der Waals surface area contributed by atoms with E-state index in [0.717, 1.165) is 12.5 Å². The highest BCUT2D eigenvalue weighted by Gasteiger charge is 2.16. The lowest BCUT2D eigenvalue weighted by Crippen LogP contribution is -2.20. The standard InChI is InChI=1S/C11H15N.C6H6O/c1-2-7-11(8-3-1)12-9-10-5-4-6-10;7-6-4-2-1-3-5-6/h1-3,7-8,10,12H,4-6,9H2;1-5,7H. The van der Waals surface area contributed by atoms with Crippen LogP contribution >= 0.6 is 0 Å². The quantitative estimate of drug-likeness (QED) is 0.857. The minimum absolute atomic E-state index is 0.322. The van der Waals surface area contributed by atoms with Gasteiger partial charge in [0.25, 0.3) is 0 Å². The summed E-state index contributed by atoms with van der Waals surface area (Å²) in [5.74, 6) is 1.26. The molecule has 100 valence electrons. The molecule has 3 rings (SSSR count). The number of rotatable bonds is 3. The van der Waals surface area contributed by atoms with Crippen LogP contribution in [0, 0.1) is 5.92 Å². The molecule has 19 heavy (non-hydrogen) atoms. The van der Waals surface area contributed by atoms with E-state index >= 15 is 0 Å². The molecule has 2 aromatic carbocycles. The lowest BCUT2D eigenvalue weighted by atomic mass is 9.85. The monoisotopic (exact) mass is 255 g/mol. The van der Waals surface area contributed by atoms with Crippen molar-refractivity contribution in [3.63, 3.8) is 0 Å². The fourth-order valence-corrected chi connectivity index (χ4v) is 1.94. The number of benzene rings is 2. The van der Waals surface area contributed by atoms with Gasteiger partial charge in [-0.05, 0) is 43.0 Å². The second-order valence-corrected chi connectivity index (χ2v) is 4.88. The zero-order chi connectivity index (χ0) is 13.3. The van der Waals surface area contributed by atoms with Crippen molar-refractivity contribution >= 4 is 5.69 Å². The van der Waals surface area contributed by atoms with E-state index in [2.05, 4.69) is 35.6 Å². The van der Waals surface area contributed by atoms with Gasteiger partial charge >= 0.3 is 0 Å². The van der Waals surface area contributed by atoms with Crippen LogP contribution in [0.25, 0.3) is 0 Å². The Hall–Kier alpha value is -1.96. The maximum atomic E-state index is 8.63. The third-order valence-electron chi connectivity index (χ3n) is 3.35. The van der Waals surface area contributed by atoms with E-state index in [1.807, 2.05) is 6.07 Å². The smallest absolute Gasteiger partial charge is 0.115 e. The van der Waals surface area contributed by atoms with Crippen LogP contribution < -0.4 is 5.32 Å². The molecule has 1 saturated carbocycles. The minimum Gasteiger partial charge on any atom is -0.508 e. The van der Waals surface area contributed by atoms with Gasteiger partial charge in [-0.2, -0.15) is 0 Å². The molecule has 0 amide bonds. The fourth-order valence-electron chi connectivity index (χ4n) is 1.94. The predicted octanol–water partition coefficient (Wildman–Crippen LogP) is 4.29. The third kappa shape index (κ3) is 5.04. The van der Waals surface area contributed by atoms with Crippen molar-refractivity contribution < 1.29 is 5.11 Å². The number of hydrogen-bond acceptors (Lipinski definition) is 2. The average molecular weight is 255 g/mol. The number of phenolic OH excluding ortho intramolecular Hbond substituents is 1. The van der Waals surface area contributed by atoms with Crippen LogP contribution in [-0.2, 0) is 0 Å². The Labute approximate surface area is 115 Å². The minimum atomic E-state index is 0.322. The number of para-hydroxylation sites is 2. The summed E-state index contributed by atoms with van der Waals surface area (Å²) in [5, 5.41) is 12.1. The first kappa shape index (κ1) is 13.5. The summed E-state index contributed by atoms with van der Waals surface area (Å²) in [6.07, 6.45) is 4.26. The molecular formula is C17H21NO. The zero-order valence-electron chi connectivity index (χ0n) is 11.1. The van der Waals surface area contributed by atoms with Crippen molar-refractivity contribution in [3.05, 3.63) is 60.7 Å². The van der Waals surface area contributed by atoms with Gasteiger partial charge in [-0.25, -0.2) is 0 Å². The second-order valence-electron chi connectivity index (χ2n) is 4.88. The summed E-state index contributed by atoms with van der Waals surface area (Å²) in [6, 6.07) is 19.2. The summed E-state index contributed by atoms with van der Waals surface area (Å²) in [7, 11) is 0. The van der Waals surface area contributed by atoms with E-state index in [4.69, 9.17) is 5.11 Å². The van der Waals surface area contributed by atoms with Crippen molar-refractivity contribution in [1.29, 1.82) is 0 Å². The van der Waals surface area contributed by atoms with Crippen LogP contribution in [0.4, 0.5) is 5.69 Å². The van der Waals surface area contributed by atoms with Crippen LogP contribution in [0.2, 0.25) is 0 Å². The molecule has 0 radical (unpaired) electrons. The number of anilines is 1. The van der Waals surface area contributed by atoms with E-state index < -0.39 is 0 Å². The molecule has 0 saturated heterocycles. The lowest BCUT2D eigenvalue weighted by Gasteiger charge is -2.25. The van der Waals surface area contributed by atoms with Gasteiger partial charge in [0.05, 0.1) is 0 Å². The number of hydrogen-bond donors (Lipinski definition) is 2. The number of phenols is 1.